The molecule has 38 heavy (non-hydrogen) atoms. The molecule has 13 nitrogen and oxygen atoms in total. The number of nitrogens with one attached hydrogen (secondary N) is 2. The maximum absolute atomic E-state index is 13.2. The van der Waals surface area contributed by atoms with Crippen molar-refractivity contribution in [3.63, 3.8) is 0 Å². The number of ether oxygens (including phenoxy) is 2. The second kappa shape index (κ2) is 10.8. The number of aromatic nitrogens is 4. The quantitative estimate of drug-likeness (QED) is 0.262. The Hall–Kier alpha value is -3.95. The van der Waals surface area contributed by atoms with Crippen molar-refractivity contribution in [1.29, 1.82) is 0 Å². The zero-order chi connectivity index (χ0) is 27.5. The third-order valence-corrected chi connectivity index (χ3v) is 7.89. The fourth-order valence-corrected chi connectivity index (χ4v) is 5.32. The Kier molecular flexibility index (Phi) is 7.71. The van der Waals surface area contributed by atoms with Crippen molar-refractivity contribution in [2.75, 3.05) is 18.9 Å². The predicted octanol–water partition coefficient (Wildman–Crippen LogP) is 2.41. The van der Waals surface area contributed by atoms with E-state index < -0.39 is 20.0 Å². The van der Waals surface area contributed by atoms with Gasteiger partial charge in [0.1, 0.15) is 21.8 Å². The van der Waals surface area contributed by atoms with Crippen LogP contribution in [0.3, 0.4) is 0 Å². The van der Waals surface area contributed by atoms with Crippen LogP contribution in [-0.4, -0.2) is 51.0 Å². The van der Waals surface area contributed by atoms with Gasteiger partial charge in [0, 0.05) is 29.8 Å². The van der Waals surface area contributed by atoms with Crippen LogP contribution in [0.5, 0.6) is 11.5 Å². The fourth-order valence-electron chi connectivity index (χ4n) is 3.60. The fraction of sp³-hybridized carbons (Fsp3) is 0.261. The summed E-state index contributed by atoms with van der Waals surface area (Å²) in [7, 11) is -4.85. The SMILES string of the molecule is C=CS(=O)(=O)NCc1cnn(Cc2cc(OC)c3c(NS(=O)(=O)c4cc(CC)ccc4OC)noc3n2)c1. The molecule has 3 aromatic heterocycles. The van der Waals surface area contributed by atoms with Crippen molar-refractivity contribution in [1.82, 2.24) is 24.6 Å². The third-order valence-electron chi connectivity index (χ3n) is 5.55. The largest absolute Gasteiger partial charge is 0.496 e. The molecule has 3 heterocycles. The summed E-state index contributed by atoms with van der Waals surface area (Å²) in [4.78, 5) is 4.38. The molecule has 0 saturated carbocycles. The minimum absolute atomic E-state index is 0.0380. The molecule has 0 bridgehead atoms. The number of aryl methyl sites for hydroxylation is 1. The monoisotopic (exact) mass is 562 g/mol. The Bertz CT molecular complexity index is 1690. The topological polar surface area (TPSA) is 168 Å². The number of nitrogens with zero attached hydrogens (tertiary/aromatic N) is 4. The molecule has 0 radical (unpaired) electrons. The summed E-state index contributed by atoms with van der Waals surface area (Å²) in [6.45, 7) is 5.41. The molecular weight excluding hydrogens is 536 g/mol. The van der Waals surface area contributed by atoms with Crippen LogP contribution in [0.1, 0.15) is 23.7 Å². The summed E-state index contributed by atoms with van der Waals surface area (Å²) in [5.74, 6) is 0.380. The van der Waals surface area contributed by atoms with Gasteiger partial charge in [-0.1, -0.05) is 24.7 Å². The molecule has 202 valence electrons. The minimum Gasteiger partial charge on any atom is -0.496 e. The molecule has 1 aromatic carbocycles. The molecule has 0 unspecified atom stereocenters. The lowest BCUT2D eigenvalue weighted by Crippen LogP contribution is -2.20. The lowest BCUT2D eigenvalue weighted by Gasteiger charge is -2.12. The van der Waals surface area contributed by atoms with E-state index in [1.165, 1.54) is 26.5 Å². The van der Waals surface area contributed by atoms with Crippen molar-refractivity contribution >= 4 is 37.0 Å². The van der Waals surface area contributed by atoms with Crippen LogP contribution in [0.2, 0.25) is 0 Å². The number of sulfonamides is 2. The molecule has 0 saturated heterocycles. The smallest absolute Gasteiger partial charge is 0.266 e. The van der Waals surface area contributed by atoms with Crippen LogP contribution in [0.15, 0.2) is 58.1 Å². The average Bonchev–Trinajstić information content (AvgIpc) is 3.53. The number of benzene rings is 1. The van der Waals surface area contributed by atoms with E-state index in [1.807, 2.05) is 6.92 Å². The highest BCUT2D eigenvalue weighted by molar-refractivity contribution is 7.93. The Balaban J connectivity index is 1.60. The summed E-state index contributed by atoms with van der Waals surface area (Å²) >= 11 is 0. The van der Waals surface area contributed by atoms with Gasteiger partial charge in [-0.15, -0.1) is 0 Å². The first-order valence-corrected chi connectivity index (χ1v) is 14.3. The van der Waals surface area contributed by atoms with Crippen molar-refractivity contribution in [3.8, 4) is 11.5 Å². The first-order valence-electron chi connectivity index (χ1n) is 11.3. The van der Waals surface area contributed by atoms with Crippen LogP contribution in [-0.2, 0) is 39.6 Å². The van der Waals surface area contributed by atoms with Gasteiger partial charge in [-0.05, 0) is 24.1 Å². The van der Waals surface area contributed by atoms with Crippen molar-refractivity contribution in [3.05, 3.63) is 65.5 Å². The zero-order valence-electron chi connectivity index (χ0n) is 20.8. The molecule has 0 amide bonds. The highest BCUT2D eigenvalue weighted by Crippen LogP contribution is 2.34. The summed E-state index contributed by atoms with van der Waals surface area (Å²) in [6.07, 6.45) is 3.81. The van der Waals surface area contributed by atoms with Gasteiger partial charge in [0.2, 0.25) is 10.0 Å². The number of fused-ring (bicyclic) bond motifs is 1. The van der Waals surface area contributed by atoms with E-state index in [0.717, 1.165) is 11.0 Å². The molecule has 4 rings (SSSR count). The molecule has 4 aromatic rings. The lowest BCUT2D eigenvalue weighted by atomic mass is 10.2. The van der Waals surface area contributed by atoms with E-state index >= 15 is 0 Å². The van der Waals surface area contributed by atoms with Gasteiger partial charge < -0.3 is 14.0 Å². The average molecular weight is 563 g/mol. The van der Waals surface area contributed by atoms with Gasteiger partial charge in [-0.3, -0.25) is 9.40 Å². The molecule has 0 aliphatic carbocycles. The normalized spacial score (nSPS) is 12.0. The summed E-state index contributed by atoms with van der Waals surface area (Å²) in [5.41, 5.74) is 1.98. The first-order chi connectivity index (χ1) is 18.1. The van der Waals surface area contributed by atoms with E-state index in [9.17, 15) is 16.8 Å². The highest BCUT2D eigenvalue weighted by atomic mass is 32.2. The second-order valence-electron chi connectivity index (χ2n) is 8.05. The zero-order valence-corrected chi connectivity index (χ0v) is 22.5. The molecule has 2 N–H and O–H groups in total. The number of anilines is 1. The standard InChI is InChI=1S/C23H26N6O7S2/c1-5-15-7-8-18(34-3)20(9-15)38(32,33)28-22-21-19(35-4)10-17(26-23(21)36-27-22)14-29-13-16(11-24-29)12-25-37(30,31)6-2/h6-11,13,25H,2,5,12,14H2,1,3-4H3,(H,27,28). The lowest BCUT2D eigenvalue weighted by molar-refractivity contribution is 0.402. The maximum atomic E-state index is 13.2. The van der Waals surface area contributed by atoms with E-state index in [4.69, 9.17) is 14.0 Å². The van der Waals surface area contributed by atoms with E-state index in [0.29, 0.717) is 17.7 Å². The van der Waals surface area contributed by atoms with Crippen molar-refractivity contribution < 1.29 is 30.8 Å². The Morgan fingerprint density at radius 3 is 2.55 bits per heavy atom. The molecule has 0 fully saturated rings. The molecule has 0 atom stereocenters. The first kappa shape index (κ1) is 27.1. The Morgan fingerprint density at radius 2 is 1.87 bits per heavy atom. The molecule has 0 aliphatic rings. The molecule has 15 heteroatoms. The number of hydrogen-bond acceptors (Lipinski definition) is 10. The van der Waals surface area contributed by atoms with Crippen LogP contribution < -0.4 is 18.9 Å². The second-order valence-corrected chi connectivity index (χ2v) is 11.4. The summed E-state index contributed by atoms with van der Waals surface area (Å²) in [5, 5.41) is 9.16. The van der Waals surface area contributed by atoms with Gasteiger partial charge in [-0.25, -0.2) is 26.5 Å². The van der Waals surface area contributed by atoms with Crippen LogP contribution >= 0.6 is 0 Å². The van der Waals surface area contributed by atoms with Gasteiger partial charge in [0.05, 0.1) is 32.7 Å². The van der Waals surface area contributed by atoms with Gasteiger partial charge in [0.15, 0.2) is 5.82 Å². The Labute approximate surface area is 219 Å². The maximum Gasteiger partial charge on any atom is 0.266 e. The van der Waals surface area contributed by atoms with Crippen LogP contribution in [0.25, 0.3) is 11.1 Å². The van der Waals surface area contributed by atoms with E-state index in [-0.39, 0.29) is 46.4 Å². The number of rotatable bonds is 12. The molecule has 0 spiro atoms. The van der Waals surface area contributed by atoms with Crippen LogP contribution in [0, 0.1) is 0 Å². The van der Waals surface area contributed by atoms with Gasteiger partial charge >= 0.3 is 0 Å². The molecule has 0 aliphatic heterocycles. The van der Waals surface area contributed by atoms with Crippen molar-refractivity contribution in [2.24, 2.45) is 0 Å². The number of methoxy groups -OCH3 is 2. The van der Waals surface area contributed by atoms with Gasteiger partial charge in [0.25, 0.3) is 15.7 Å². The summed E-state index contributed by atoms with van der Waals surface area (Å²) in [6, 6.07) is 6.53. The minimum atomic E-state index is -4.10. The highest BCUT2D eigenvalue weighted by Gasteiger charge is 2.25. The third kappa shape index (κ3) is 5.79. The van der Waals surface area contributed by atoms with E-state index in [2.05, 4.69) is 31.3 Å². The summed E-state index contributed by atoms with van der Waals surface area (Å²) < 4.78 is 72.0. The molecular formula is C23H26N6O7S2. The van der Waals surface area contributed by atoms with Gasteiger partial charge in [-0.2, -0.15) is 5.10 Å². The number of hydrogen-bond donors (Lipinski definition) is 2. The predicted molar refractivity (Wildman–Crippen MR) is 139 cm³/mol. The Morgan fingerprint density at radius 1 is 1.11 bits per heavy atom. The van der Waals surface area contributed by atoms with Crippen molar-refractivity contribution in [2.45, 2.75) is 31.3 Å². The van der Waals surface area contributed by atoms with Crippen LogP contribution in [0.4, 0.5) is 5.82 Å². The van der Waals surface area contributed by atoms with E-state index in [1.54, 1.807) is 29.1 Å². The number of pyridine rings is 1.